The van der Waals surface area contributed by atoms with Crippen molar-refractivity contribution in [2.24, 2.45) is 0 Å². The van der Waals surface area contributed by atoms with Gasteiger partial charge in [0.25, 0.3) is 0 Å². The minimum atomic E-state index is -0.981. The Balaban J connectivity index is 1.80. The summed E-state index contributed by atoms with van der Waals surface area (Å²) in [6, 6.07) is 14.1. The van der Waals surface area contributed by atoms with E-state index in [2.05, 4.69) is 20.6 Å². The molecule has 0 aliphatic carbocycles. The second-order valence-electron chi connectivity index (χ2n) is 5.33. The van der Waals surface area contributed by atoms with Crippen molar-refractivity contribution in [2.75, 3.05) is 10.6 Å². The maximum Gasteiger partial charge on any atom is 0.335 e. The second kappa shape index (κ2) is 6.96. The van der Waals surface area contributed by atoms with Crippen LogP contribution in [0.4, 0.5) is 27.4 Å². The summed E-state index contributed by atoms with van der Waals surface area (Å²) in [6.07, 6.45) is 0. The van der Waals surface area contributed by atoms with Crippen molar-refractivity contribution in [3.63, 3.8) is 0 Å². The molecule has 0 spiro atoms. The zero-order chi connectivity index (χ0) is 17.8. The van der Waals surface area contributed by atoms with Crippen LogP contribution in [0.2, 0.25) is 0 Å². The van der Waals surface area contributed by atoms with Crippen LogP contribution in [-0.2, 0) is 0 Å². The van der Waals surface area contributed by atoms with Crippen molar-refractivity contribution in [1.29, 1.82) is 0 Å². The van der Waals surface area contributed by atoms with Gasteiger partial charge in [-0.05, 0) is 49.4 Å². The quantitative estimate of drug-likeness (QED) is 0.649. The van der Waals surface area contributed by atoms with Crippen LogP contribution in [0.5, 0.6) is 0 Å². The third kappa shape index (κ3) is 4.29. The predicted molar refractivity (Wildman–Crippen MR) is 93.1 cm³/mol. The number of aromatic nitrogens is 2. The molecule has 1 aromatic heterocycles. The lowest BCUT2D eigenvalue weighted by Crippen LogP contribution is -2.02. The van der Waals surface area contributed by atoms with Gasteiger partial charge >= 0.3 is 5.97 Å². The Morgan fingerprint density at radius 1 is 0.960 bits per heavy atom. The van der Waals surface area contributed by atoms with E-state index in [1.807, 2.05) is 0 Å². The van der Waals surface area contributed by atoms with Gasteiger partial charge in [-0.3, -0.25) is 0 Å². The Morgan fingerprint density at radius 3 is 2.20 bits per heavy atom. The molecule has 0 saturated carbocycles. The summed E-state index contributed by atoms with van der Waals surface area (Å²) in [4.78, 5) is 19.4. The Morgan fingerprint density at radius 2 is 1.60 bits per heavy atom. The Kier molecular flexibility index (Phi) is 4.56. The highest BCUT2D eigenvalue weighted by atomic mass is 19.1. The number of nitrogens with zero attached hydrogens (tertiary/aromatic N) is 2. The first-order valence-corrected chi connectivity index (χ1v) is 7.48. The third-order valence-electron chi connectivity index (χ3n) is 3.34. The average molecular weight is 338 g/mol. The van der Waals surface area contributed by atoms with Crippen LogP contribution >= 0.6 is 0 Å². The SMILES string of the molecule is Cc1nc(Nc2ccc(C(=O)O)cc2)cc(Nc2cccc(F)c2)n1. The lowest BCUT2D eigenvalue weighted by Gasteiger charge is -2.10. The fourth-order valence-electron chi connectivity index (χ4n) is 2.25. The lowest BCUT2D eigenvalue weighted by atomic mass is 10.2. The minimum absolute atomic E-state index is 0.206. The van der Waals surface area contributed by atoms with Gasteiger partial charge in [-0.15, -0.1) is 0 Å². The van der Waals surface area contributed by atoms with Crippen LogP contribution in [-0.4, -0.2) is 21.0 Å². The molecule has 7 heteroatoms. The number of nitrogens with one attached hydrogen (secondary N) is 2. The van der Waals surface area contributed by atoms with Gasteiger partial charge in [0.1, 0.15) is 23.3 Å². The number of carboxylic acid groups (broad SMARTS) is 1. The molecule has 0 amide bonds. The molecule has 3 N–H and O–H groups in total. The number of benzene rings is 2. The molecule has 3 rings (SSSR count). The minimum Gasteiger partial charge on any atom is -0.478 e. The Labute approximate surface area is 143 Å². The number of anilines is 4. The van der Waals surface area contributed by atoms with Crippen LogP contribution in [0.15, 0.2) is 54.6 Å². The predicted octanol–water partition coefficient (Wildman–Crippen LogP) is 4.11. The smallest absolute Gasteiger partial charge is 0.335 e. The summed E-state index contributed by atoms with van der Waals surface area (Å²) >= 11 is 0. The molecule has 3 aromatic rings. The topological polar surface area (TPSA) is 87.1 Å². The van der Waals surface area contributed by atoms with E-state index in [9.17, 15) is 9.18 Å². The Bertz CT molecular complexity index is 913. The summed E-state index contributed by atoms with van der Waals surface area (Å²) in [5, 5.41) is 15.0. The normalized spacial score (nSPS) is 10.3. The van der Waals surface area contributed by atoms with E-state index in [0.29, 0.717) is 28.8 Å². The number of carbonyl (C=O) groups is 1. The van der Waals surface area contributed by atoms with Gasteiger partial charge in [-0.1, -0.05) is 6.07 Å². The fourth-order valence-corrected chi connectivity index (χ4v) is 2.25. The zero-order valence-electron chi connectivity index (χ0n) is 13.3. The van der Waals surface area contributed by atoms with Crippen molar-refractivity contribution in [1.82, 2.24) is 9.97 Å². The standard InChI is InChI=1S/C18H15FN4O2/c1-11-20-16(22-14-7-5-12(6-8-14)18(24)25)10-17(21-11)23-15-4-2-3-13(19)9-15/h2-10H,1H3,(H,24,25)(H2,20,21,22,23). The van der Waals surface area contributed by atoms with Crippen molar-refractivity contribution < 1.29 is 14.3 Å². The molecule has 126 valence electrons. The van der Waals surface area contributed by atoms with Crippen LogP contribution in [0.25, 0.3) is 0 Å². The number of aromatic carboxylic acids is 1. The molecular formula is C18H15FN4O2. The van der Waals surface area contributed by atoms with E-state index in [1.54, 1.807) is 37.3 Å². The van der Waals surface area contributed by atoms with Crippen molar-refractivity contribution in [3.05, 3.63) is 71.8 Å². The number of carboxylic acids is 1. The number of rotatable bonds is 5. The van der Waals surface area contributed by atoms with Gasteiger partial charge in [0.15, 0.2) is 0 Å². The largest absolute Gasteiger partial charge is 0.478 e. The fraction of sp³-hybridized carbons (Fsp3) is 0.0556. The van der Waals surface area contributed by atoms with Gasteiger partial charge < -0.3 is 15.7 Å². The number of hydrogen-bond donors (Lipinski definition) is 3. The van der Waals surface area contributed by atoms with Crippen LogP contribution in [0, 0.1) is 12.7 Å². The molecule has 25 heavy (non-hydrogen) atoms. The van der Waals surface area contributed by atoms with Gasteiger partial charge in [0.05, 0.1) is 5.56 Å². The van der Waals surface area contributed by atoms with Crippen LogP contribution < -0.4 is 10.6 Å². The molecule has 0 unspecified atom stereocenters. The van der Waals surface area contributed by atoms with Gasteiger partial charge in [0, 0.05) is 17.4 Å². The molecule has 0 atom stereocenters. The molecular weight excluding hydrogens is 323 g/mol. The van der Waals surface area contributed by atoms with E-state index < -0.39 is 5.97 Å². The maximum atomic E-state index is 13.3. The van der Waals surface area contributed by atoms with Gasteiger partial charge in [0.2, 0.25) is 0 Å². The van der Waals surface area contributed by atoms with Crippen molar-refractivity contribution in [2.45, 2.75) is 6.92 Å². The summed E-state index contributed by atoms with van der Waals surface area (Å²) in [5.41, 5.74) is 1.48. The van der Waals surface area contributed by atoms with E-state index in [0.717, 1.165) is 0 Å². The maximum absolute atomic E-state index is 13.3. The highest BCUT2D eigenvalue weighted by Gasteiger charge is 2.05. The van der Waals surface area contributed by atoms with Crippen LogP contribution in [0.3, 0.4) is 0 Å². The van der Waals surface area contributed by atoms with Gasteiger partial charge in [-0.25, -0.2) is 19.2 Å². The van der Waals surface area contributed by atoms with Crippen molar-refractivity contribution in [3.8, 4) is 0 Å². The highest BCUT2D eigenvalue weighted by Crippen LogP contribution is 2.21. The summed E-state index contributed by atoms with van der Waals surface area (Å²) < 4.78 is 13.3. The van der Waals surface area contributed by atoms with E-state index in [1.165, 1.54) is 24.3 Å². The number of aryl methyl sites for hydroxylation is 1. The monoisotopic (exact) mass is 338 g/mol. The number of halogens is 1. The molecule has 2 aromatic carbocycles. The molecule has 0 aliphatic heterocycles. The molecule has 0 fully saturated rings. The van der Waals surface area contributed by atoms with Crippen molar-refractivity contribution >= 4 is 29.0 Å². The molecule has 0 bridgehead atoms. The van der Waals surface area contributed by atoms with Crippen LogP contribution in [0.1, 0.15) is 16.2 Å². The van der Waals surface area contributed by atoms with E-state index >= 15 is 0 Å². The molecule has 0 radical (unpaired) electrons. The molecule has 0 aliphatic rings. The summed E-state index contributed by atoms with van der Waals surface area (Å²) in [6.45, 7) is 1.75. The third-order valence-corrected chi connectivity index (χ3v) is 3.34. The zero-order valence-corrected chi connectivity index (χ0v) is 13.3. The Hall–Kier alpha value is -3.48. The second-order valence-corrected chi connectivity index (χ2v) is 5.33. The molecule has 1 heterocycles. The first-order chi connectivity index (χ1) is 12.0. The van der Waals surface area contributed by atoms with E-state index in [4.69, 9.17) is 5.11 Å². The first-order valence-electron chi connectivity index (χ1n) is 7.48. The average Bonchev–Trinajstić information content (AvgIpc) is 2.54. The van der Waals surface area contributed by atoms with E-state index in [-0.39, 0.29) is 11.4 Å². The summed E-state index contributed by atoms with van der Waals surface area (Å²) in [7, 11) is 0. The lowest BCUT2D eigenvalue weighted by molar-refractivity contribution is 0.0697. The summed E-state index contributed by atoms with van der Waals surface area (Å²) in [5.74, 6) is 0.266. The first kappa shape index (κ1) is 16.4. The molecule has 0 saturated heterocycles. The number of hydrogen-bond acceptors (Lipinski definition) is 5. The van der Waals surface area contributed by atoms with Gasteiger partial charge in [-0.2, -0.15) is 0 Å². The highest BCUT2D eigenvalue weighted by molar-refractivity contribution is 5.88. The molecule has 6 nitrogen and oxygen atoms in total.